The largest absolute Gasteiger partial charge is 0.456 e. The van der Waals surface area contributed by atoms with Gasteiger partial charge in [0.1, 0.15) is 25.4 Å². The predicted molar refractivity (Wildman–Crippen MR) is 202 cm³/mol. The minimum absolute atomic E-state index is 0.0368. The molecule has 2 aliphatic carbocycles. The zero-order valence-corrected chi connectivity index (χ0v) is 32.8. The van der Waals surface area contributed by atoms with E-state index in [0.717, 1.165) is 44.9 Å². The van der Waals surface area contributed by atoms with Gasteiger partial charge in [-0.3, -0.25) is 9.59 Å². The van der Waals surface area contributed by atoms with E-state index in [9.17, 15) is 27.6 Å². The van der Waals surface area contributed by atoms with Crippen molar-refractivity contribution in [1.29, 1.82) is 0 Å². The first kappa shape index (κ1) is 42.7. The molecular weight excluding hydrogens is 717 g/mol. The first-order valence-electron chi connectivity index (χ1n) is 18.6. The number of esters is 2. The van der Waals surface area contributed by atoms with E-state index < -0.39 is 68.4 Å². The third-order valence-electron chi connectivity index (χ3n) is 9.81. The second-order valence-electron chi connectivity index (χ2n) is 15.2. The first-order valence-corrected chi connectivity index (χ1v) is 20.3. The summed E-state index contributed by atoms with van der Waals surface area (Å²) < 4.78 is 47.7. The van der Waals surface area contributed by atoms with Gasteiger partial charge >= 0.3 is 11.9 Å². The summed E-state index contributed by atoms with van der Waals surface area (Å²) in [6.45, 7) is 4.05. The first-order chi connectivity index (χ1) is 25.7. The van der Waals surface area contributed by atoms with Crippen LogP contribution < -0.4 is 10.6 Å². The second-order valence-corrected chi connectivity index (χ2v) is 18.0. The Hall–Kier alpha value is -4.08. The molecule has 0 aliphatic heterocycles. The van der Waals surface area contributed by atoms with Crippen LogP contribution in [0, 0.1) is 11.8 Å². The number of rotatable bonds is 20. The van der Waals surface area contributed by atoms with Crippen molar-refractivity contribution in [2.75, 3.05) is 33.2 Å². The lowest BCUT2D eigenvalue weighted by Gasteiger charge is -2.36. The van der Waals surface area contributed by atoms with Gasteiger partial charge in [0.25, 0.3) is 0 Å². The van der Waals surface area contributed by atoms with Crippen LogP contribution in [-0.4, -0.2) is 104 Å². The number of aromatic nitrogens is 2. The highest BCUT2D eigenvalue weighted by atomic mass is 32.2. The number of H-pyrrole nitrogens is 1. The predicted octanol–water partition coefficient (Wildman–Crippen LogP) is 3.72. The summed E-state index contributed by atoms with van der Waals surface area (Å²) in [6, 6.07) is 6.82. The van der Waals surface area contributed by atoms with Crippen LogP contribution in [0.25, 0.3) is 6.08 Å². The Kier molecular flexibility index (Phi) is 15.8. The van der Waals surface area contributed by atoms with Gasteiger partial charge < -0.3 is 34.6 Å². The molecule has 14 nitrogen and oxygen atoms in total. The number of aromatic amines is 1. The number of amides is 2. The summed E-state index contributed by atoms with van der Waals surface area (Å²) in [7, 11) is -1.07. The van der Waals surface area contributed by atoms with Crippen molar-refractivity contribution in [2.45, 2.75) is 108 Å². The van der Waals surface area contributed by atoms with Crippen molar-refractivity contribution >= 4 is 39.7 Å². The molecule has 0 saturated heterocycles. The average Bonchev–Trinajstić information content (AvgIpc) is 3.84. The van der Waals surface area contributed by atoms with Gasteiger partial charge in [0, 0.05) is 32.4 Å². The number of carbonyl (C=O) groups is 4. The minimum atomic E-state index is -3.81. The molecule has 4 atom stereocenters. The molecule has 2 aromatic rings. The van der Waals surface area contributed by atoms with E-state index in [1.807, 2.05) is 6.07 Å². The number of benzene rings is 1. The van der Waals surface area contributed by atoms with Crippen LogP contribution in [0.4, 0.5) is 0 Å². The third-order valence-corrected chi connectivity index (χ3v) is 12.4. The molecule has 3 N–H and O–H groups in total. The number of ether oxygens (including phenoxy) is 4. The molecule has 1 aromatic carbocycles. The average molecular weight is 773 g/mol. The summed E-state index contributed by atoms with van der Waals surface area (Å²) in [4.78, 5) is 61.7. The van der Waals surface area contributed by atoms with E-state index in [4.69, 9.17) is 18.9 Å². The molecule has 0 unspecified atom stereocenters. The highest BCUT2D eigenvalue weighted by molar-refractivity contribution is 7.92. The standard InChI is InChI=1S/C39H56N4O10S/c1-39(2,3)54(48,49)24-29(18-26-12-8-6-9-13-26)37(46)43-32(20-30-21-40-25-41-30)38(47)42-31(19-27-14-10-7-11-15-27)36(53-34(45)23-51-5)35(28-16-17-28)52-33(44)22-50-4/h6,8-9,12-13,18,21,25,27-28,31-32,35-36H,7,10-11,14-17,19-20,22-24H2,1-5H3,(H,40,41)(H,42,47)(H,43,46)/b29-18+/t31-,32-,35-,36+/m0/s1. The lowest BCUT2D eigenvalue weighted by Crippen LogP contribution is -2.58. The van der Waals surface area contributed by atoms with Crippen molar-refractivity contribution in [2.24, 2.45) is 11.8 Å². The molecule has 0 bridgehead atoms. The van der Waals surface area contributed by atoms with Gasteiger partial charge in [-0.05, 0) is 63.5 Å². The Morgan fingerprint density at radius 3 is 2.15 bits per heavy atom. The lowest BCUT2D eigenvalue weighted by molar-refractivity contribution is -0.177. The highest BCUT2D eigenvalue weighted by Crippen LogP contribution is 2.39. The molecule has 2 fully saturated rings. The van der Waals surface area contributed by atoms with Crippen LogP contribution in [0.2, 0.25) is 0 Å². The molecule has 0 spiro atoms. The normalized spacial score (nSPS) is 17.8. The molecule has 2 aliphatic rings. The summed E-state index contributed by atoms with van der Waals surface area (Å²) in [5.74, 6) is -3.13. The van der Waals surface area contributed by atoms with Crippen LogP contribution in [0.1, 0.15) is 83.4 Å². The van der Waals surface area contributed by atoms with E-state index in [0.29, 0.717) is 17.7 Å². The monoisotopic (exact) mass is 772 g/mol. The molecule has 1 heterocycles. The summed E-state index contributed by atoms with van der Waals surface area (Å²) in [5.41, 5.74) is 1.05. The third kappa shape index (κ3) is 13.0. The van der Waals surface area contributed by atoms with Crippen molar-refractivity contribution < 1.29 is 46.5 Å². The van der Waals surface area contributed by atoms with Gasteiger partial charge in [-0.2, -0.15) is 0 Å². The molecule has 2 saturated carbocycles. The molecule has 4 rings (SSSR count). The van der Waals surface area contributed by atoms with E-state index in [1.54, 1.807) is 51.2 Å². The fourth-order valence-corrected chi connectivity index (χ4v) is 7.66. The van der Waals surface area contributed by atoms with Crippen LogP contribution >= 0.6 is 0 Å². The number of methoxy groups -OCH3 is 2. The number of nitrogens with one attached hydrogen (secondary N) is 3. The Balaban J connectivity index is 1.71. The van der Waals surface area contributed by atoms with E-state index in [-0.39, 0.29) is 37.0 Å². The van der Waals surface area contributed by atoms with Gasteiger partial charge in [0.15, 0.2) is 15.9 Å². The van der Waals surface area contributed by atoms with Gasteiger partial charge in [-0.1, -0.05) is 62.4 Å². The van der Waals surface area contributed by atoms with Crippen LogP contribution in [0.3, 0.4) is 0 Å². The van der Waals surface area contributed by atoms with Gasteiger partial charge in [-0.25, -0.2) is 23.0 Å². The topological polar surface area (TPSA) is 192 Å². The number of hydrogen-bond acceptors (Lipinski definition) is 11. The number of hydrogen-bond donors (Lipinski definition) is 3. The molecule has 2 amide bonds. The van der Waals surface area contributed by atoms with Crippen molar-refractivity contribution in [3.63, 3.8) is 0 Å². The van der Waals surface area contributed by atoms with Gasteiger partial charge in [-0.15, -0.1) is 0 Å². The molecule has 298 valence electrons. The van der Waals surface area contributed by atoms with Crippen LogP contribution in [-0.2, 0) is 54.4 Å². The van der Waals surface area contributed by atoms with Crippen LogP contribution in [0.5, 0.6) is 0 Å². The van der Waals surface area contributed by atoms with E-state index in [1.165, 1.54) is 26.6 Å². The van der Waals surface area contributed by atoms with E-state index in [2.05, 4.69) is 20.6 Å². The fourth-order valence-electron chi connectivity index (χ4n) is 6.60. The lowest BCUT2D eigenvalue weighted by atomic mass is 9.82. The summed E-state index contributed by atoms with van der Waals surface area (Å²) >= 11 is 0. The van der Waals surface area contributed by atoms with E-state index >= 15 is 0 Å². The Morgan fingerprint density at radius 2 is 1.57 bits per heavy atom. The van der Waals surface area contributed by atoms with Crippen molar-refractivity contribution in [3.8, 4) is 0 Å². The zero-order chi connectivity index (χ0) is 39.3. The Morgan fingerprint density at radius 1 is 0.926 bits per heavy atom. The number of carbonyl (C=O) groups excluding carboxylic acids is 4. The Labute approximate surface area is 318 Å². The van der Waals surface area contributed by atoms with Gasteiger partial charge in [0.2, 0.25) is 11.8 Å². The van der Waals surface area contributed by atoms with Crippen molar-refractivity contribution in [1.82, 2.24) is 20.6 Å². The summed E-state index contributed by atoms with van der Waals surface area (Å²) in [5, 5.41) is 5.89. The van der Waals surface area contributed by atoms with Crippen molar-refractivity contribution in [3.05, 3.63) is 59.7 Å². The highest BCUT2D eigenvalue weighted by Gasteiger charge is 2.46. The maximum atomic E-state index is 14.5. The van der Waals surface area contributed by atoms with Gasteiger partial charge in [0.05, 0.1) is 28.6 Å². The Bertz CT molecular complexity index is 1660. The quantitative estimate of drug-likeness (QED) is 0.131. The zero-order valence-electron chi connectivity index (χ0n) is 32.0. The van der Waals surface area contributed by atoms with Crippen LogP contribution in [0.15, 0.2) is 48.4 Å². The number of imidazole rings is 1. The second kappa shape index (κ2) is 20.0. The minimum Gasteiger partial charge on any atom is -0.456 e. The maximum absolute atomic E-state index is 14.5. The molecule has 0 radical (unpaired) electrons. The molecule has 1 aromatic heterocycles. The number of sulfone groups is 1. The number of nitrogens with zero attached hydrogens (tertiary/aromatic N) is 1. The summed E-state index contributed by atoms with van der Waals surface area (Å²) in [6.07, 6.45) is 9.42. The smallest absolute Gasteiger partial charge is 0.332 e. The fraction of sp³-hybridized carbons (Fsp3) is 0.615. The molecule has 15 heteroatoms. The molecule has 54 heavy (non-hydrogen) atoms. The maximum Gasteiger partial charge on any atom is 0.332 e. The molecular formula is C39H56N4O10S. The SMILES string of the molecule is COCC(=O)O[C@H]([C@H](CC1CCCCC1)NC(=O)[C@H](Cc1c[nH]cn1)NC(=O)/C(=C/c1ccccc1)CS(=O)(=O)C(C)(C)C)[C@@H](OC(=O)COC)C1CC1.